The van der Waals surface area contributed by atoms with Gasteiger partial charge in [-0.15, -0.1) is 0 Å². The smallest absolute Gasteiger partial charge is 0.303 e. The van der Waals surface area contributed by atoms with E-state index in [-0.39, 0.29) is 17.1 Å². The number of ketones is 1. The second-order valence-corrected chi connectivity index (χ2v) is 8.98. The van der Waals surface area contributed by atoms with Crippen molar-refractivity contribution in [3.8, 4) is 0 Å². The van der Waals surface area contributed by atoms with Gasteiger partial charge >= 0.3 is 5.97 Å². The molecule has 0 saturated heterocycles. The lowest BCUT2D eigenvalue weighted by Crippen LogP contribution is -2.66. The van der Waals surface area contributed by atoms with Crippen LogP contribution < -0.4 is 0 Å². The van der Waals surface area contributed by atoms with Gasteiger partial charge in [0.05, 0.1) is 0 Å². The fourth-order valence-electron chi connectivity index (χ4n) is 6.50. The summed E-state index contributed by atoms with van der Waals surface area (Å²) in [6.07, 6.45) is 9.40. The molecule has 0 radical (unpaired) electrons. The van der Waals surface area contributed by atoms with Gasteiger partial charge in [0.15, 0.2) is 11.5 Å². The van der Waals surface area contributed by atoms with E-state index in [0.717, 1.165) is 37.7 Å². The second kappa shape index (κ2) is 5.28. The number of ether oxygens (including phenoxy) is 1. The number of carbonyl (C=O) groups excluding carboxylic acids is 2. The van der Waals surface area contributed by atoms with E-state index in [4.69, 9.17) is 4.74 Å². The summed E-state index contributed by atoms with van der Waals surface area (Å²) in [7, 11) is 0. The average molecular weight is 346 g/mol. The van der Waals surface area contributed by atoms with Gasteiger partial charge in [0.2, 0.25) is 0 Å². The van der Waals surface area contributed by atoms with E-state index in [9.17, 15) is 9.59 Å². The van der Waals surface area contributed by atoms with E-state index < -0.39 is 23.2 Å². The van der Waals surface area contributed by atoms with Crippen LogP contribution in [0, 0.1) is 22.7 Å². The molecule has 25 heavy (non-hydrogen) atoms. The van der Waals surface area contributed by atoms with Crippen LogP contribution in [0.2, 0.25) is 0 Å². The second-order valence-electron chi connectivity index (χ2n) is 8.98. The summed E-state index contributed by atoms with van der Waals surface area (Å²) >= 11 is 0. The standard InChI is InChI=1S/C21H27FO3/c1-13(23)25-18-12-19(2)9-4-5-16(19)17-7-6-14-11-15(24)8-10-20(14,3)21(17,18)22/h8,10-11,16-18H,4-7,9,12H2,1-3H3/t16-,17-,18-,19-,20-,21-/m0/s1. The predicted octanol–water partition coefficient (Wildman–Crippen LogP) is 4.32. The first-order chi connectivity index (χ1) is 11.7. The van der Waals surface area contributed by atoms with Crippen LogP contribution >= 0.6 is 0 Å². The number of esters is 1. The molecule has 4 aliphatic carbocycles. The van der Waals surface area contributed by atoms with Crippen molar-refractivity contribution >= 4 is 11.8 Å². The third-order valence-electron chi connectivity index (χ3n) is 7.70. The Hall–Kier alpha value is -1.45. The van der Waals surface area contributed by atoms with Gasteiger partial charge in [-0.1, -0.05) is 25.0 Å². The van der Waals surface area contributed by atoms with Crippen LogP contribution in [0.15, 0.2) is 23.8 Å². The van der Waals surface area contributed by atoms with E-state index in [0.29, 0.717) is 12.3 Å². The van der Waals surface area contributed by atoms with E-state index in [1.165, 1.54) is 13.0 Å². The van der Waals surface area contributed by atoms with E-state index in [2.05, 4.69) is 6.92 Å². The van der Waals surface area contributed by atoms with Crippen molar-refractivity contribution in [3.05, 3.63) is 23.8 Å². The minimum absolute atomic E-state index is 0.0478. The molecule has 3 fully saturated rings. The average Bonchev–Trinajstić information content (AvgIpc) is 2.90. The molecule has 0 aromatic carbocycles. The summed E-state index contributed by atoms with van der Waals surface area (Å²) in [5.74, 6) is -0.289. The number of carbonyl (C=O) groups is 2. The van der Waals surface area contributed by atoms with Crippen LogP contribution in [0.25, 0.3) is 0 Å². The Morgan fingerprint density at radius 1 is 1.28 bits per heavy atom. The lowest BCUT2D eigenvalue weighted by Gasteiger charge is -2.61. The molecule has 0 heterocycles. The number of rotatable bonds is 1. The van der Waals surface area contributed by atoms with Crippen LogP contribution in [0.1, 0.15) is 59.3 Å². The van der Waals surface area contributed by atoms with Gasteiger partial charge in [0.25, 0.3) is 0 Å². The molecule has 4 heteroatoms. The largest absolute Gasteiger partial charge is 0.459 e. The number of hydrogen-bond acceptors (Lipinski definition) is 3. The Bertz CT molecular complexity index is 695. The number of alkyl halides is 1. The minimum atomic E-state index is -1.64. The maximum atomic E-state index is 17.0. The van der Waals surface area contributed by atoms with Crippen LogP contribution in [-0.4, -0.2) is 23.5 Å². The zero-order chi connectivity index (χ0) is 18.0. The lowest BCUT2D eigenvalue weighted by atomic mass is 9.46. The van der Waals surface area contributed by atoms with Gasteiger partial charge in [-0.2, -0.15) is 0 Å². The first-order valence-electron chi connectivity index (χ1n) is 9.51. The molecule has 3 saturated carbocycles. The molecule has 0 aromatic rings. The molecule has 0 unspecified atom stereocenters. The number of halogens is 1. The highest BCUT2D eigenvalue weighted by molar-refractivity contribution is 6.01. The quantitative estimate of drug-likeness (QED) is 0.664. The number of hydrogen-bond donors (Lipinski definition) is 0. The third kappa shape index (κ3) is 2.15. The predicted molar refractivity (Wildman–Crippen MR) is 92.5 cm³/mol. The molecule has 3 nitrogen and oxygen atoms in total. The van der Waals surface area contributed by atoms with Gasteiger partial charge < -0.3 is 4.74 Å². The van der Waals surface area contributed by atoms with Crippen LogP contribution in [0.4, 0.5) is 4.39 Å². The first kappa shape index (κ1) is 17.0. The van der Waals surface area contributed by atoms with Crippen LogP contribution in [-0.2, 0) is 14.3 Å². The number of fused-ring (bicyclic) bond motifs is 5. The van der Waals surface area contributed by atoms with Crippen molar-refractivity contribution < 1.29 is 18.7 Å². The normalized spacial score (nSPS) is 48.2. The summed E-state index contributed by atoms with van der Waals surface area (Å²) in [6, 6.07) is 0. The molecule has 4 aliphatic rings. The molecule has 0 spiro atoms. The molecule has 136 valence electrons. The Morgan fingerprint density at radius 2 is 2.04 bits per heavy atom. The zero-order valence-corrected chi connectivity index (χ0v) is 15.3. The Balaban J connectivity index is 1.85. The van der Waals surface area contributed by atoms with Crippen molar-refractivity contribution in [1.82, 2.24) is 0 Å². The fraction of sp³-hybridized carbons (Fsp3) is 0.714. The molecule has 0 aliphatic heterocycles. The molecule has 0 aromatic heterocycles. The van der Waals surface area contributed by atoms with E-state index >= 15 is 4.39 Å². The number of allylic oxidation sites excluding steroid dienone is 4. The molecule has 0 N–H and O–H groups in total. The van der Waals surface area contributed by atoms with Gasteiger partial charge in [-0.05, 0) is 62.5 Å². The van der Waals surface area contributed by atoms with E-state index in [1.54, 1.807) is 12.2 Å². The van der Waals surface area contributed by atoms with Gasteiger partial charge in [-0.25, -0.2) is 4.39 Å². The topological polar surface area (TPSA) is 43.4 Å². The summed E-state index contributed by atoms with van der Waals surface area (Å²) in [4.78, 5) is 23.6. The molecular formula is C21H27FO3. The highest BCUT2D eigenvalue weighted by Gasteiger charge is 2.70. The van der Waals surface area contributed by atoms with Crippen molar-refractivity contribution in [2.45, 2.75) is 71.1 Å². The third-order valence-corrected chi connectivity index (χ3v) is 7.70. The van der Waals surface area contributed by atoms with Crippen molar-refractivity contribution in [2.24, 2.45) is 22.7 Å². The first-order valence-corrected chi connectivity index (χ1v) is 9.51. The zero-order valence-electron chi connectivity index (χ0n) is 15.3. The molecule has 0 bridgehead atoms. The SMILES string of the molecule is CC(=O)O[C@H]1C[C@]2(C)CCC[C@H]2[C@@H]2CCC3=CC(=O)C=C[C@]3(C)[C@@]12F. The van der Waals surface area contributed by atoms with Gasteiger partial charge in [-0.3, -0.25) is 9.59 Å². The molecule has 6 atom stereocenters. The summed E-state index contributed by atoms with van der Waals surface area (Å²) < 4.78 is 22.6. The Labute approximate surface area is 148 Å². The fourth-order valence-corrected chi connectivity index (χ4v) is 6.50. The van der Waals surface area contributed by atoms with Crippen molar-refractivity contribution in [1.29, 1.82) is 0 Å². The van der Waals surface area contributed by atoms with E-state index in [1.807, 2.05) is 6.92 Å². The highest BCUT2D eigenvalue weighted by Crippen LogP contribution is 2.68. The minimum Gasteiger partial charge on any atom is -0.459 e. The maximum Gasteiger partial charge on any atom is 0.303 e. The molecule has 4 rings (SSSR count). The van der Waals surface area contributed by atoms with Gasteiger partial charge in [0, 0.05) is 18.3 Å². The maximum absolute atomic E-state index is 17.0. The summed E-state index contributed by atoms with van der Waals surface area (Å²) in [5.41, 5.74) is -1.61. The van der Waals surface area contributed by atoms with Crippen LogP contribution in [0.5, 0.6) is 0 Å². The van der Waals surface area contributed by atoms with Gasteiger partial charge in [0.1, 0.15) is 6.10 Å². The molecule has 0 amide bonds. The lowest BCUT2D eigenvalue weighted by molar-refractivity contribution is -0.208. The highest BCUT2D eigenvalue weighted by atomic mass is 19.1. The Kier molecular flexibility index (Phi) is 3.59. The Morgan fingerprint density at radius 3 is 2.76 bits per heavy atom. The van der Waals surface area contributed by atoms with Crippen molar-refractivity contribution in [2.75, 3.05) is 0 Å². The monoisotopic (exact) mass is 346 g/mol. The summed E-state index contributed by atoms with van der Waals surface area (Å²) in [6.45, 7) is 5.50. The van der Waals surface area contributed by atoms with Crippen LogP contribution in [0.3, 0.4) is 0 Å². The molecular weight excluding hydrogens is 319 g/mol. The van der Waals surface area contributed by atoms with Crippen molar-refractivity contribution in [3.63, 3.8) is 0 Å². The summed E-state index contributed by atoms with van der Waals surface area (Å²) in [5, 5.41) is 0.